The quantitative estimate of drug-likeness (QED) is 0.736. The smallest absolute Gasteiger partial charge is 0.320 e. The summed E-state index contributed by atoms with van der Waals surface area (Å²) in [6.07, 6.45) is 3.18. The minimum absolute atomic E-state index is 0.00639. The van der Waals surface area contributed by atoms with Gasteiger partial charge in [0.25, 0.3) is 0 Å². The topological polar surface area (TPSA) is 60.9 Å². The molecule has 0 heterocycles. The van der Waals surface area contributed by atoms with Gasteiger partial charge in [-0.1, -0.05) is 13.8 Å². The molecule has 19 heavy (non-hydrogen) atoms. The molecular formula is C14H26N2O3. The van der Waals surface area contributed by atoms with E-state index in [0.29, 0.717) is 25.0 Å². The van der Waals surface area contributed by atoms with E-state index in [1.165, 1.54) is 0 Å². The zero-order valence-electron chi connectivity index (χ0n) is 12.3. The largest absolute Gasteiger partial charge is 0.481 e. The lowest BCUT2D eigenvalue weighted by Gasteiger charge is -2.30. The molecule has 0 aromatic carbocycles. The first-order valence-corrected chi connectivity index (χ1v) is 7.23. The molecule has 5 nitrogen and oxygen atoms in total. The number of carboxylic acids is 1. The molecule has 5 heteroatoms. The van der Waals surface area contributed by atoms with Crippen LogP contribution in [0.15, 0.2) is 0 Å². The highest BCUT2D eigenvalue weighted by molar-refractivity contribution is 5.76. The summed E-state index contributed by atoms with van der Waals surface area (Å²) < 4.78 is 0. The second-order valence-corrected chi connectivity index (χ2v) is 5.61. The molecule has 0 aromatic heterocycles. The van der Waals surface area contributed by atoms with Gasteiger partial charge in [0.2, 0.25) is 0 Å². The summed E-state index contributed by atoms with van der Waals surface area (Å²) in [4.78, 5) is 26.6. The van der Waals surface area contributed by atoms with Gasteiger partial charge in [-0.25, -0.2) is 4.79 Å². The average Bonchev–Trinajstić information content (AvgIpc) is 3.13. The zero-order chi connectivity index (χ0) is 14.4. The first-order valence-electron chi connectivity index (χ1n) is 7.23. The van der Waals surface area contributed by atoms with Crippen LogP contribution in [0.3, 0.4) is 0 Å². The Bertz CT molecular complexity index is 314. The minimum atomic E-state index is -0.855. The monoisotopic (exact) mass is 270 g/mol. The molecular weight excluding hydrogens is 244 g/mol. The molecule has 0 radical (unpaired) electrons. The summed E-state index contributed by atoms with van der Waals surface area (Å²) in [5.74, 6) is -0.283. The van der Waals surface area contributed by atoms with Crippen LogP contribution in [-0.2, 0) is 4.79 Å². The van der Waals surface area contributed by atoms with E-state index in [0.717, 1.165) is 25.8 Å². The van der Waals surface area contributed by atoms with Crippen molar-refractivity contribution in [1.82, 2.24) is 9.80 Å². The van der Waals surface area contributed by atoms with Crippen LogP contribution in [0.5, 0.6) is 0 Å². The molecule has 1 aliphatic rings. The maximum absolute atomic E-state index is 12.4. The van der Waals surface area contributed by atoms with Crippen molar-refractivity contribution in [3.05, 3.63) is 0 Å². The maximum atomic E-state index is 12.4. The van der Waals surface area contributed by atoms with E-state index in [1.54, 1.807) is 4.90 Å². The minimum Gasteiger partial charge on any atom is -0.481 e. The fourth-order valence-corrected chi connectivity index (χ4v) is 2.02. The van der Waals surface area contributed by atoms with E-state index in [1.807, 2.05) is 11.8 Å². The van der Waals surface area contributed by atoms with Crippen molar-refractivity contribution < 1.29 is 14.7 Å². The van der Waals surface area contributed by atoms with Crippen molar-refractivity contribution in [3.63, 3.8) is 0 Å². The molecule has 1 rings (SSSR count). The Labute approximate surface area is 115 Å². The lowest BCUT2D eigenvalue weighted by atomic mass is 10.1. The summed E-state index contributed by atoms with van der Waals surface area (Å²) in [5, 5.41) is 8.72. The van der Waals surface area contributed by atoms with E-state index in [9.17, 15) is 9.59 Å². The van der Waals surface area contributed by atoms with E-state index in [4.69, 9.17) is 5.11 Å². The van der Waals surface area contributed by atoms with Gasteiger partial charge in [-0.3, -0.25) is 4.79 Å². The molecule has 0 saturated heterocycles. The Morgan fingerprint density at radius 3 is 2.32 bits per heavy atom. The van der Waals surface area contributed by atoms with Gasteiger partial charge in [0.1, 0.15) is 0 Å². The lowest BCUT2D eigenvalue weighted by molar-refractivity contribution is -0.137. The molecule has 110 valence electrons. The molecule has 1 aliphatic carbocycles. The Balaban J connectivity index is 2.54. The number of urea groups is 1. The summed E-state index contributed by atoms with van der Waals surface area (Å²) in [7, 11) is 0. The number of carboxylic acid groups (broad SMARTS) is 1. The molecule has 0 atom stereocenters. The third-order valence-corrected chi connectivity index (χ3v) is 3.43. The number of nitrogens with zero attached hydrogens (tertiary/aromatic N) is 2. The predicted molar refractivity (Wildman–Crippen MR) is 74.1 cm³/mol. The Morgan fingerprint density at radius 2 is 1.89 bits per heavy atom. The van der Waals surface area contributed by atoms with Crippen molar-refractivity contribution >= 4 is 12.0 Å². The molecule has 0 aliphatic heterocycles. The first kappa shape index (κ1) is 15.8. The van der Waals surface area contributed by atoms with E-state index < -0.39 is 5.97 Å². The van der Waals surface area contributed by atoms with Crippen LogP contribution in [0, 0.1) is 5.92 Å². The molecule has 0 bridgehead atoms. The van der Waals surface area contributed by atoms with Crippen LogP contribution in [0.1, 0.15) is 46.5 Å². The second kappa shape index (κ2) is 7.36. The van der Waals surface area contributed by atoms with E-state index >= 15 is 0 Å². The van der Waals surface area contributed by atoms with Crippen LogP contribution < -0.4 is 0 Å². The van der Waals surface area contributed by atoms with Gasteiger partial charge >= 0.3 is 12.0 Å². The predicted octanol–water partition coefficient (Wildman–Crippen LogP) is 2.41. The summed E-state index contributed by atoms with van der Waals surface area (Å²) in [5.41, 5.74) is 0. The zero-order valence-corrected chi connectivity index (χ0v) is 12.3. The molecule has 2 amide bonds. The summed E-state index contributed by atoms with van der Waals surface area (Å²) >= 11 is 0. The highest BCUT2D eigenvalue weighted by Crippen LogP contribution is 2.28. The molecule has 1 saturated carbocycles. The third-order valence-electron chi connectivity index (χ3n) is 3.43. The van der Waals surface area contributed by atoms with Crippen LogP contribution in [0.4, 0.5) is 4.79 Å². The van der Waals surface area contributed by atoms with Crippen molar-refractivity contribution in [2.75, 3.05) is 19.6 Å². The van der Waals surface area contributed by atoms with E-state index in [2.05, 4.69) is 13.8 Å². The normalized spacial score (nSPS) is 14.5. The molecule has 0 aromatic rings. The molecule has 1 N–H and O–H groups in total. The van der Waals surface area contributed by atoms with Crippen molar-refractivity contribution in [2.24, 2.45) is 5.92 Å². The number of amides is 2. The SMILES string of the molecule is CCN(CCC(=O)O)C(=O)N(CCC(C)C)C1CC1. The number of aliphatic carboxylic acids is 1. The Morgan fingerprint density at radius 1 is 1.26 bits per heavy atom. The van der Waals surface area contributed by atoms with Crippen molar-refractivity contribution in [3.8, 4) is 0 Å². The van der Waals surface area contributed by atoms with Gasteiger partial charge < -0.3 is 14.9 Å². The van der Waals surface area contributed by atoms with Crippen LogP contribution >= 0.6 is 0 Å². The lowest BCUT2D eigenvalue weighted by Crippen LogP contribution is -2.45. The number of hydrogen-bond donors (Lipinski definition) is 1. The first-order chi connectivity index (χ1) is 8.95. The highest BCUT2D eigenvalue weighted by Gasteiger charge is 2.34. The van der Waals surface area contributed by atoms with Gasteiger partial charge in [0.05, 0.1) is 6.42 Å². The highest BCUT2D eigenvalue weighted by atomic mass is 16.4. The number of carbonyl (C=O) groups excluding carboxylic acids is 1. The fraction of sp³-hybridized carbons (Fsp3) is 0.857. The average molecular weight is 270 g/mol. The van der Waals surface area contributed by atoms with Gasteiger partial charge in [-0.05, 0) is 32.1 Å². The third kappa shape index (κ3) is 5.49. The summed E-state index contributed by atoms with van der Waals surface area (Å²) in [6, 6.07) is 0.386. The number of carbonyl (C=O) groups is 2. The molecule has 0 unspecified atom stereocenters. The van der Waals surface area contributed by atoms with Crippen LogP contribution in [-0.4, -0.2) is 52.6 Å². The fourth-order valence-electron chi connectivity index (χ4n) is 2.02. The number of rotatable bonds is 8. The maximum Gasteiger partial charge on any atom is 0.320 e. The molecule has 0 spiro atoms. The van der Waals surface area contributed by atoms with E-state index in [-0.39, 0.29) is 12.5 Å². The number of hydrogen-bond acceptors (Lipinski definition) is 2. The standard InChI is InChI=1S/C14H26N2O3/c1-4-15(9-8-13(17)18)14(19)16(12-5-6-12)10-7-11(2)3/h11-12H,4-10H2,1-3H3,(H,17,18). The van der Waals surface area contributed by atoms with Gasteiger partial charge in [-0.2, -0.15) is 0 Å². The van der Waals surface area contributed by atoms with Crippen molar-refractivity contribution in [2.45, 2.75) is 52.5 Å². The van der Waals surface area contributed by atoms with Gasteiger partial charge in [0.15, 0.2) is 0 Å². The van der Waals surface area contributed by atoms with Crippen LogP contribution in [0.2, 0.25) is 0 Å². The molecule has 1 fully saturated rings. The Kier molecular flexibility index (Phi) is 6.12. The van der Waals surface area contributed by atoms with Gasteiger partial charge in [0, 0.05) is 25.7 Å². The van der Waals surface area contributed by atoms with Crippen molar-refractivity contribution in [1.29, 1.82) is 0 Å². The van der Waals surface area contributed by atoms with Gasteiger partial charge in [-0.15, -0.1) is 0 Å². The second-order valence-electron chi connectivity index (χ2n) is 5.61. The Hall–Kier alpha value is -1.26. The summed E-state index contributed by atoms with van der Waals surface area (Å²) in [6.45, 7) is 7.85. The van der Waals surface area contributed by atoms with Crippen LogP contribution in [0.25, 0.3) is 0 Å².